The second-order valence-corrected chi connectivity index (χ2v) is 6.16. The lowest BCUT2D eigenvalue weighted by molar-refractivity contribution is -0.125. The zero-order valence-electron chi connectivity index (χ0n) is 10.4. The molecule has 0 amide bonds. The van der Waals surface area contributed by atoms with E-state index >= 15 is 0 Å². The molecule has 1 N–H and O–H groups in total. The number of nitrogens with zero attached hydrogens (tertiary/aromatic N) is 1. The number of hydrogen-bond donors (Lipinski definition) is 1. The lowest BCUT2D eigenvalue weighted by Crippen LogP contribution is -2.38. The SMILES string of the molecule is CC(C)(C)c1ncc(CNCC(F)(F)C(F)F)s1. The van der Waals surface area contributed by atoms with Crippen LogP contribution in [0.1, 0.15) is 30.7 Å². The van der Waals surface area contributed by atoms with Crippen molar-refractivity contribution < 1.29 is 17.6 Å². The van der Waals surface area contributed by atoms with Gasteiger partial charge in [-0.3, -0.25) is 0 Å². The van der Waals surface area contributed by atoms with Crippen LogP contribution in [0.2, 0.25) is 0 Å². The van der Waals surface area contributed by atoms with Crippen molar-refractivity contribution in [3.63, 3.8) is 0 Å². The molecule has 2 nitrogen and oxygen atoms in total. The molecule has 0 saturated heterocycles. The second kappa shape index (κ2) is 5.52. The summed E-state index contributed by atoms with van der Waals surface area (Å²) in [5.41, 5.74) is -0.101. The summed E-state index contributed by atoms with van der Waals surface area (Å²) in [6.45, 7) is 5.07. The molecule has 18 heavy (non-hydrogen) atoms. The number of aromatic nitrogens is 1. The topological polar surface area (TPSA) is 24.9 Å². The number of alkyl halides is 4. The van der Waals surface area contributed by atoms with Gasteiger partial charge in [-0.05, 0) is 0 Å². The maximum atomic E-state index is 12.6. The standard InChI is InChI=1S/C11H16F4N2S/c1-10(2,3)9-17-5-7(18-9)4-16-6-11(14,15)8(12)13/h5,8,16H,4,6H2,1-3H3. The number of hydrogen-bond acceptors (Lipinski definition) is 3. The van der Waals surface area contributed by atoms with Crippen LogP contribution in [0.25, 0.3) is 0 Å². The monoisotopic (exact) mass is 284 g/mol. The van der Waals surface area contributed by atoms with E-state index in [9.17, 15) is 17.6 Å². The quantitative estimate of drug-likeness (QED) is 0.838. The van der Waals surface area contributed by atoms with E-state index in [-0.39, 0.29) is 12.0 Å². The Kier molecular flexibility index (Phi) is 4.72. The molecule has 0 saturated carbocycles. The molecule has 0 aliphatic carbocycles. The van der Waals surface area contributed by atoms with Gasteiger partial charge in [-0.1, -0.05) is 20.8 Å². The summed E-state index contributed by atoms with van der Waals surface area (Å²) in [7, 11) is 0. The number of nitrogens with one attached hydrogen (secondary N) is 1. The molecule has 0 aliphatic rings. The molecule has 1 heterocycles. The van der Waals surface area contributed by atoms with Gasteiger partial charge in [0, 0.05) is 23.0 Å². The molecule has 0 aromatic carbocycles. The van der Waals surface area contributed by atoms with Crippen LogP contribution in [0.5, 0.6) is 0 Å². The van der Waals surface area contributed by atoms with Gasteiger partial charge in [-0.25, -0.2) is 13.8 Å². The Morgan fingerprint density at radius 2 is 1.94 bits per heavy atom. The number of thiazole rings is 1. The fourth-order valence-electron chi connectivity index (χ4n) is 1.17. The smallest absolute Gasteiger partial charge is 0.306 e. The highest BCUT2D eigenvalue weighted by atomic mass is 32.1. The van der Waals surface area contributed by atoms with E-state index in [2.05, 4.69) is 10.3 Å². The van der Waals surface area contributed by atoms with Crippen LogP contribution in [-0.4, -0.2) is 23.9 Å². The minimum absolute atomic E-state index is 0.101. The molecule has 1 aromatic heterocycles. The molecule has 104 valence electrons. The Bertz CT molecular complexity index is 385. The predicted octanol–water partition coefficient (Wildman–Crippen LogP) is 3.43. The minimum atomic E-state index is -3.99. The van der Waals surface area contributed by atoms with E-state index in [1.165, 1.54) is 11.3 Å². The van der Waals surface area contributed by atoms with Gasteiger partial charge in [0.25, 0.3) is 0 Å². The van der Waals surface area contributed by atoms with Crippen molar-refractivity contribution in [1.82, 2.24) is 10.3 Å². The van der Waals surface area contributed by atoms with Crippen molar-refractivity contribution in [3.8, 4) is 0 Å². The lowest BCUT2D eigenvalue weighted by atomic mass is 9.98. The van der Waals surface area contributed by atoms with Crippen LogP contribution in [0.3, 0.4) is 0 Å². The third-order valence-corrected chi connectivity index (χ3v) is 3.60. The van der Waals surface area contributed by atoms with Crippen LogP contribution in [0.4, 0.5) is 17.6 Å². The summed E-state index contributed by atoms with van der Waals surface area (Å²) in [5.74, 6) is -3.99. The molecule has 0 radical (unpaired) electrons. The van der Waals surface area contributed by atoms with Crippen molar-refractivity contribution in [2.24, 2.45) is 0 Å². The molecule has 0 bridgehead atoms. The van der Waals surface area contributed by atoms with Gasteiger partial charge < -0.3 is 5.32 Å². The highest BCUT2D eigenvalue weighted by Crippen LogP contribution is 2.27. The predicted molar refractivity (Wildman–Crippen MR) is 63.5 cm³/mol. The van der Waals surface area contributed by atoms with E-state index < -0.39 is 18.9 Å². The molecule has 0 fully saturated rings. The largest absolute Gasteiger partial charge is 0.319 e. The zero-order valence-corrected chi connectivity index (χ0v) is 11.3. The van der Waals surface area contributed by atoms with Gasteiger partial charge in [-0.2, -0.15) is 8.78 Å². The first-order valence-electron chi connectivity index (χ1n) is 5.45. The molecule has 0 aliphatic heterocycles. The summed E-state index contributed by atoms with van der Waals surface area (Å²) >= 11 is 1.39. The van der Waals surface area contributed by atoms with E-state index in [0.29, 0.717) is 0 Å². The Balaban J connectivity index is 2.48. The Hall–Kier alpha value is -0.690. The maximum absolute atomic E-state index is 12.6. The Morgan fingerprint density at radius 3 is 2.39 bits per heavy atom. The summed E-state index contributed by atoms with van der Waals surface area (Å²) < 4.78 is 49.0. The van der Waals surface area contributed by atoms with Gasteiger partial charge >= 0.3 is 12.3 Å². The summed E-state index contributed by atoms with van der Waals surface area (Å²) in [4.78, 5) is 4.94. The van der Waals surface area contributed by atoms with E-state index in [4.69, 9.17) is 0 Å². The van der Waals surface area contributed by atoms with Crippen molar-refractivity contribution in [2.45, 2.75) is 45.1 Å². The normalized spacial score (nSPS) is 13.3. The van der Waals surface area contributed by atoms with Crippen LogP contribution in [-0.2, 0) is 12.0 Å². The summed E-state index contributed by atoms with van der Waals surface area (Å²) in [6, 6.07) is 0. The van der Waals surface area contributed by atoms with Gasteiger partial charge in [0.1, 0.15) is 0 Å². The van der Waals surface area contributed by atoms with Crippen LogP contribution >= 0.6 is 11.3 Å². The fourth-order valence-corrected chi connectivity index (χ4v) is 2.11. The van der Waals surface area contributed by atoms with E-state index in [1.54, 1.807) is 6.20 Å². The summed E-state index contributed by atoms with van der Waals surface area (Å²) in [5, 5.41) is 3.22. The van der Waals surface area contributed by atoms with Crippen molar-refractivity contribution in [3.05, 3.63) is 16.1 Å². The fraction of sp³-hybridized carbons (Fsp3) is 0.727. The Labute approximate surface area is 107 Å². The Morgan fingerprint density at radius 1 is 1.33 bits per heavy atom. The first-order chi connectivity index (χ1) is 8.13. The molecule has 0 atom stereocenters. The average molecular weight is 284 g/mol. The lowest BCUT2D eigenvalue weighted by Gasteiger charge is -2.15. The third kappa shape index (κ3) is 4.20. The minimum Gasteiger partial charge on any atom is -0.306 e. The average Bonchev–Trinajstić information content (AvgIpc) is 2.65. The van der Waals surface area contributed by atoms with Crippen molar-refractivity contribution in [2.75, 3.05) is 6.54 Å². The van der Waals surface area contributed by atoms with Crippen molar-refractivity contribution in [1.29, 1.82) is 0 Å². The molecule has 0 spiro atoms. The molecule has 7 heteroatoms. The van der Waals surface area contributed by atoms with Gasteiger partial charge in [0.2, 0.25) is 0 Å². The van der Waals surface area contributed by atoms with Crippen LogP contribution in [0, 0.1) is 0 Å². The van der Waals surface area contributed by atoms with Gasteiger partial charge in [0.15, 0.2) is 0 Å². The van der Waals surface area contributed by atoms with Crippen LogP contribution < -0.4 is 5.32 Å². The molecule has 1 rings (SSSR count). The highest BCUT2D eigenvalue weighted by molar-refractivity contribution is 7.11. The molecule has 1 aromatic rings. The zero-order chi connectivity index (χ0) is 14.0. The first-order valence-corrected chi connectivity index (χ1v) is 6.26. The molecule has 0 unspecified atom stereocenters. The van der Waals surface area contributed by atoms with Gasteiger partial charge in [0.05, 0.1) is 11.6 Å². The third-order valence-electron chi connectivity index (χ3n) is 2.17. The van der Waals surface area contributed by atoms with Gasteiger partial charge in [-0.15, -0.1) is 11.3 Å². The number of halogens is 4. The van der Waals surface area contributed by atoms with E-state index in [0.717, 1.165) is 9.88 Å². The van der Waals surface area contributed by atoms with Crippen molar-refractivity contribution >= 4 is 11.3 Å². The molecular formula is C11H16F4N2S. The maximum Gasteiger partial charge on any atom is 0.319 e. The van der Waals surface area contributed by atoms with Crippen LogP contribution in [0.15, 0.2) is 6.20 Å². The van der Waals surface area contributed by atoms with E-state index in [1.807, 2.05) is 20.8 Å². The number of rotatable bonds is 5. The molecular weight excluding hydrogens is 268 g/mol. The first kappa shape index (κ1) is 15.4. The summed E-state index contributed by atoms with van der Waals surface area (Å²) in [6.07, 6.45) is -2.06. The second-order valence-electron chi connectivity index (χ2n) is 5.05. The highest BCUT2D eigenvalue weighted by Gasteiger charge is 2.40.